The number of hydrogen-bond donors (Lipinski definition) is 2. The Morgan fingerprint density at radius 1 is 1.06 bits per heavy atom. The Bertz CT molecular complexity index is 1270. The highest BCUT2D eigenvalue weighted by Gasteiger charge is 2.29. The minimum atomic E-state index is -1.10. The zero-order valence-electron chi connectivity index (χ0n) is 16.6. The van der Waals surface area contributed by atoms with Crippen molar-refractivity contribution >= 4 is 23.4 Å². The number of fused-ring (bicyclic) bond motifs is 3. The molecule has 0 saturated carbocycles. The Kier molecular flexibility index (Phi) is 5.16. The average molecular weight is 447 g/mol. The van der Waals surface area contributed by atoms with Crippen LogP contribution in [0.3, 0.4) is 0 Å². The van der Waals surface area contributed by atoms with Gasteiger partial charge >= 0.3 is 12.1 Å². The Balaban J connectivity index is 1.20. The van der Waals surface area contributed by atoms with Crippen LogP contribution in [0.4, 0.5) is 4.79 Å². The van der Waals surface area contributed by atoms with Crippen molar-refractivity contribution in [2.45, 2.75) is 12.5 Å². The fourth-order valence-electron chi connectivity index (χ4n) is 3.78. The van der Waals surface area contributed by atoms with E-state index in [4.69, 9.17) is 14.3 Å². The van der Waals surface area contributed by atoms with Crippen LogP contribution in [-0.2, 0) is 11.3 Å². The standard InChI is InChI=1S/C23H17N3O5S/c27-22(28)19-12-32-21(26-19)18-11-30-20(25-18)9-24-23(29)31-10-17-15-7-3-1-5-13(15)14-6-2-4-8-16(14)17/h1-8,11-12,17H,9-10H2,(H,24,29)(H,27,28). The van der Waals surface area contributed by atoms with Gasteiger partial charge in [0.1, 0.15) is 23.6 Å². The van der Waals surface area contributed by atoms with Gasteiger partial charge in [-0.2, -0.15) is 0 Å². The number of amides is 1. The van der Waals surface area contributed by atoms with E-state index in [2.05, 4.69) is 39.6 Å². The van der Waals surface area contributed by atoms with E-state index in [1.54, 1.807) is 0 Å². The first-order valence-electron chi connectivity index (χ1n) is 9.82. The molecule has 5 rings (SSSR count). The van der Waals surface area contributed by atoms with Gasteiger partial charge < -0.3 is 19.6 Å². The highest BCUT2D eigenvalue weighted by atomic mass is 32.1. The number of carbonyl (C=O) groups is 2. The highest BCUT2D eigenvalue weighted by molar-refractivity contribution is 7.13. The van der Waals surface area contributed by atoms with Crippen LogP contribution in [0.15, 0.2) is 64.6 Å². The van der Waals surface area contributed by atoms with Gasteiger partial charge in [-0.25, -0.2) is 19.6 Å². The molecule has 2 aromatic heterocycles. The summed E-state index contributed by atoms with van der Waals surface area (Å²) in [5, 5.41) is 13.5. The quantitative estimate of drug-likeness (QED) is 0.446. The van der Waals surface area contributed by atoms with E-state index >= 15 is 0 Å². The SMILES string of the molecule is O=C(NCc1nc(-c2nc(C(=O)O)cs2)co1)OCC1c2ccccc2-c2ccccc21. The Labute approximate surface area is 186 Å². The van der Waals surface area contributed by atoms with Crippen molar-refractivity contribution in [2.75, 3.05) is 6.61 Å². The van der Waals surface area contributed by atoms with Crippen molar-refractivity contribution in [3.05, 3.63) is 82.9 Å². The number of hydrogen-bond acceptors (Lipinski definition) is 7. The molecule has 32 heavy (non-hydrogen) atoms. The number of rotatable bonds is 6. The van der Waals surface area contributed by atoms with Crippen molar-refractivity contribution in [1.29, 1.82) is 0 Å². The number of nitrogens with zero attached hydrogens (tertiary/aromatic N) is 2. The van der Waals surface area contributed by atoms with Gasteiger partial charge in [-0.3, -0.25) is 0 Å². The number of carboxylic acids is 1. The lowest BCUT2D eigenvalue weighted by Gasteiger charge is -2.14. The van der Waals surface area contributed by atoms with Gasteiger partial charge in [-0.05, 0) is 22.3 Å². The third-order valence-corrected chi connectivity index (χ3v) is 6.09. The first kappa shape index (κ1) is 20.0. The number of carbonyl (C=O) groups excluding carboxylic acids is 1. The van der Waals surface area contributed by atoms with Crippen molar-refractivity contribution < 1.29 is 23.8 Å². The average Bonchev–Trinajstić information content (AvgIpc) is 3.54. The molecule has 4 aromatic rings. The molecule has 160 valence electrons. The number of thiazole rings is 1. The van der Waals surface area contributed by atoms with E-state index in [1.807, 2.05) is 24.3 Å². The summed E-state index contributed by atoms with van der Waals surface area (Å²) in [6.07, 6.45) is 0.799. The molecule has 9 heteroatoms. The Morgan fingerprint density at radius 2 is 1.75 bits per heavy atom. The molecule has 1 aliphatic rings. The lowest BCUT2D eigenvalue weighted by molar-refractivity contribution is 0.0691. The van der Waals surface area contributed by atoms with Gasteiger partial charge in [0.2, 0.25) is 5.89 Å². The van der Waals surface area contributed by atoms with Crippen LogP contribution in [0, 0.1) is 0 Å². The van der Waals surface area contributed by atoms with Crippen LogP contribution in [0.5, 0.6) is 0 Å². The molecule has 0 saturated heterocycles. The predicted octanol–water partition coefficient (Wildman–Crippen LogP) is 4.54. The second kappa shape index (κ2) is 8.27. The molecule has 0 unspecified atom stereocenters. The Morgan fingerprint density at radius 3 is 2.41 bits per heavy atom. The van der Waals surface area contributed by atoms with Crippen LogP contribution >= 0.6 is 11.3 Å². The number of benzene rings is 2. The molecular weight excluding hydrogens is 430 g/mol. The summed E-state index contributed by atoms with van der Waals surface area (Å²) in [4.78, 5) is 31.5. The number of oxazole rings is 1. The summed E-state index contributed by atoms with van der Waals surface area (Å²) in [5.74, 6) is -0.858. The molecule has 0 atom stereocenters. The third kappa shape index (κ3) is 3.74. The smallest absolute Gasteiger partial charge is 0.407 e. The van der Waals surface area contributed by atoms with Gasteiger partial charge in [-0.1, -0.05) is 48.5 Å². The van der Waals surface area contributed by atoms with Gasteiger partial charge in [0, 0.05) is 11.3 Å². The molecule has 0 spiro atoms. The molecule has 2 heterocycles. The molecule has 0 radical (unpaired) electrons. The molecular formula is C23H17N3O5S. The van der Waals surface area contributed by atoms with Gasteiger partial charge in [-0.15, -0.1) is 11.3 Å². The van der Waals surface area contributed by atoms with Crippen LogP contribution in [0.2, 0.25) is 0 Å². The number of alkyl carbamates (subject to hydrolysis) is 1. The van der Waals surface area contributed by atoms with Crippen LogP contribution in [0.1, 0.15) is 33.4 Å². The zero-order chi connectivity index (χ0) is 22.1. The monoisotopic (exact) mass is 447 g/mol. The van der Waals surface area contributed by atoms with Gasteiger partial charge in [0.25, 0.3) is 0 Å². The largest absolute Gasteiger partial charge is 0.476 e. The van der Waals surface area contributed by atoms with Crippen molar-refractivity contribution in [1.82, 2.24) is 15.3 Å². The minimum absolute atomic E-state index is 0.0187. The van der Waals surface area contributed by atoms with E-state index in [0.29, 0.717) is 10.7 Å². The number of aromatic nitrogens is 2. The summed E-state index contributed by atoms with van der Waals surface area (Å²) in [7, 11) is 0. The molecule has 2 N–H and O–H groups in total. The lowest BCUT2D eigenvalue weighted by Crippen LogP contribution is -2.25. The second-order valence-electron chi connectivity index (χ2n) is 7.15. The fraction of sp³-hybridized carbons (Fsp3) is 0.130. The molecule has 1 amide bonds. The van der Waals surface area contributed by atoms with Crippen molar-refractivity contribution in [3.63, 3.8) is 0 Å². The minimum Gasteiger partial charge on any atom is -0.476 e. The Hall–Kier alpha value is -3.98. The molecule has 1 aliphatic carbocycles. The van der Waals surface area contributed by atoms with Crippen molar-refractivity contribution in [3.8, 4) is 21.8 Å². The summed E-state index contributed by atoms with van der Waals surface area (Å²) in [5.41, 5.74) is 4.97. The molecule has 8 nitrogen and oxygen atoms in total. The second-order valence-corrected chi connectivity index (χ2v) is 8.01. The van der Waals surface area contributed by atoms with E-state index in [-0.39, 0.29) is 30.7 Å². The maximum atomic E-state index is 12.3. The first-order chi connectivity index (χ1) is 15.6. The number of carboxylic acid groups (broad SMARTS) is 1. The predicted molar refractivity (Wildman–Crippen MR) is 116 cm³/mol. The normalized spacial score (nSPS) is 12.2. The van der Waals surface area contributed by atoms with Crippen molar-refractivity contribution in [2.24, 2.45) is 0 Å². The summed E-state index contributed by atoms with van der Waals surface area (Å²) in [6.45, 7) is 0.252. The number of nitrogens with one attached hydrogen (secondary N) is 1. The number of aromatic carboxylic acids is 1. The highest BCUT2D eigenvalue weighted by Crippen LogP contribution is 2.44. The lowest BCUT2D eigenvalue weighted by atomic mass is 9.98. The van der Waals surface area contributed by atoms with Crippen LogP contribution in [-0.4, -0.2) is 33.7 Å². The summed E-state index contributed by atoms with van der Waals surface area (Å²) < 4.78 is 10.8. The third-order valence-electron chi connectivity index (χ3n) is 5.22. The number of ether oxygens (including phenoxy) is 1. The van der Waals surface area contributed by atoms with Gasteiger partial charge in [0.05, 0.1) is 6.54 Å². The van der Waals surface area contributed by atoms with E-state index in [0.717, 1.165) is 33.6 Å². The van der Waals surface area contributed by atoms with E-state index in [1.165, 1.54) is 11.6 Å². The first-order valence-corrected chi connectivity index (χ1v) is 10.7. The summed E-state index contributed by atoms with van der Waals surface area (Å²) >= 11 is 1.15. The van der Waals surface area contributed by atoms with Crippen LogP contribution in [0.25, 0.3) is 21.8 Å². The molecule has 0 fully saturated rings. The molecule has 2 aromatic carbocycles. The maximum absolute atomic E-state index is 12.3. The topological polar surface area (TPSA) is 115 Å². The molecule has 0 bridgehead atoms. The maximum Gasteiger partial charge on any atom is 0.407 e. The van der Waals surface area contributed by atoms with E-state index in [9.17, 15) is 9.59 Å². The molecule has 0 aliphatic heterocycles. The van der Waals surface area contributed by atoms with Gasteiger partial charge in [0.15, 0.2) is 5.69 Å². The van der Waals surface area contributed by atoms with Crippen LogP contribution < -0.4 is 5.32 Å². The fourth-order valence-corrected chi connectivity index (χ4v) is 4.52. The summed E-state index contributed by atoms with van der Waals surface area (Å²) in [6, 6.07) is 16.3. The zero-order valence-corrected chi connectivity index (χ0v) is 17.5. The van der Waals surface area contributed by atoms with E-state index < -0.39 is 12.1 Å².